The number of nitrogens with zero attached hydrogens (tertiary/aromatic N) is 2. The summed E-state index contributed by atoms with van der Waals surface area (Å²) < 4.78 is 11.3. The molecule has 0 amide bonds. The molecule has 1 aliphatic rings. The number of ether oxygens (including phenoxy) is 2. The molecule has 110 valence electrons. The lowest BCUT2D eigenvalue weighted by molar-refractivity contribution is 0.168. The molecule has 0 spiro atoms. The minimum atomic E-state index is 0.0945. The number of benzene rings is 1. The second kappa shape index (κ2) is 5.99. The highest BCUT2D eigenvalue weighted by Crippen LogP contribution is 2.22. The number of aliphatic imine (C=N–C) groups is 1. The van der Waals surface area contributed by atoms with Gasteiger partial charge in [0.05, 0.1) is 11.6 Å². The molecular formula is C16H19N3O2. The van der Waals surface area contributed by atoms with Crippen molar-refractivity contribution in [2.75, 3.05) is 6.61 Å². The van der Waals surface area contributed by atoms with Gasteiger partial charge in [-0.05, 0) is 30.7 Å². The first-order valence-corrected chi connectivity index (χ1v) is 7.22. The Balaban J connectivity index is 1.70. The van der Waals surface area contributed by atoms with Gasteiger partial charge in [-0.3, -0.25) is 4.98 Å². The van der Waals surface area contributed by atoms with E-state index in [0.717, 1.165) is 29.5 Å². The monoisotopic (exact) mass is 285 g/mol. The molecule has 1 aromatic heterocycles. The van der Waals surface area contributed by atoms with Gasteiger partial charge in [0.2, 0.25) is 0 Å². The fraction of sp³-hybridized carbons (Fsp3) is 0.375. The number of rotatable bonds is 5. The van der Waals surface area contributed by atoms with Crippen LogP contribution < -0.4 is 10.5 Å². The summed E-state index contributed by atoms with van der Waals surface area (Å²) in [7, 11) is 0. The van der Waals surface area contributed by atoms with E-state index in [-0.39, 0.29) is 18.2 Å². The minimum Gasteiger partial charge on any atom is -0.490 e. The van der Waals surface area contributed by atoms with Gasteiger partial charge in [0.15, 0.2) is 0 Å². The van der Waals surface area contributed by atoms with Gasteiger partial charge in [-0.2, -0.15) is 0 Å². The van der Waals surface area contributed by atoms with Crippen LogP contribution in [0.1, 0.15) is 19.8 Å². The summed E-state index contributed by atoms with van der Waals surface area (Å²) in [6, 6.07) is 10.3. The molecule has 1 aliphatic heterocycles. The lowest BCUT2D eigenvalue weighted by atomic mass is 10.1. The maximum atomic E-state index is 6.08. The second-order valence-corrected chi connectivity index (χ2v) is 5.17. The van der Waals surface area contributed by atoms with E-state index in [1.807, 2.05) is 30.3 Å². The van der Waals surface area contributed by atoms with Crippen molar-refractivity contribution in [2.24, 2.45) is 10.7 Å². The third kappa shape index (κ3) is 3.24. The number of hydrogen-bond acceptors (Lipinski definition) is 5. The van der Waals surface area contributed by atoms with Crippen LogP contribution >= 0.6 is 0 Å². The number of nitrogens with two attached hydrogens (primary N) is 1. The first-order valence-electron chi connectivity index (χ1n) is 7.22. The SMILES string of the molecule is CC[C@H](C[C@H]1COC(N)=N1)Oc1ccc2ncccc2c1. The summed E-state index contributed by atoms with van der Waals surface area (Å²) >= 11 is 0. The number of aromatic nitrogens is 1. The van der Waals surface area contributed by atoms with Crippen LogP contribution in [-0.2, 0) is 4.74 Å². The molecule has 2 heterocycles. The van der Waals surface area contributed by atoms with E-state index in [0.29, 0.717) is 6.61 Å². The molecule has 0 aliphatic carbocycles. The highest BCUT2D eigenvalue weighted by atomic mass is 16.5. The molecule has 5 heteroatoms. The summed E-state index contributed by atoms with van der Waals surface area (Å²) in [5.41, 5.74) is 6.51. The molecular weight excluding hydrogens is 266 g/mol. The van der Waals surface area contributed by atoms with E-state index >= 15 is 0 Å². The van der Waals surface area contributed by atoms with Crippen molar-refractivity contribution in [1.29, 1.82) is 0 Å². The van der Waals surface area contributed by atoms with E-state index in [1.165, 1.54) is 0 Å². The maximum absolute atomic E-state index is 6.08. The molecule has 0 bridgehead atoms. The molecule has 2 aromatic rings. The van der Waals surface area contributed by atoms with Gasteiger partial charge in [-0.25, -0.2) is 4.99 Å². The average Bonchev–Trinajstić information content (AvgIpc) is 2.91. The predicted octanol–water partition coefficient (Wildman–Crippen LogP) is 2.50. The van der Waals surface area contributed by atoms with Gasteiger partial charge >= 0.3 is 0 Å². The Labute approximate surface area is 123 Å². The number of pyridine rings is 1. The maximum Gasteiger partial charge on any atom is 0.282 e. The van der Waals surface area contributed by atoms with Crippen molar-refractivity contribution in [1.82, 2.24) is 4.98 Å². The molecule has 5 nitrogen and oxygen atoms in total. The summed E-state index contributed by atoms with van der Waals surface area (Å²) in [6.45, 7) is 2.66. The standard InChI is InChI=1S/C16H19N3O2/c1-2-13(9-12-10-20-16(17)19-12)21-14-5-6-15-11(8-14)4-3-7-18-15/h3-8,12-13H,2,9-10H2,1H3,(H2,17,19)/t12-,13+/m0/s1. The van der Waals surface area contributed by atoms with Crippen molar-refractivity contribution < 1.29 is 9.47 Å². The Kier molecular flexibility index (Phi) is 3.90. The topological polar surface area (TPSA) is 69.7 Å². The van der Waals surface area contributed by atoms with Crippen LogP contribution in [0.25, 0.3) is 10.9 Å². The summed E-state index contributed by atoms with van der Waals surface area (Å²) in [4.78, 5) is 8.56. The Morgan fingerprint density at radius 3 is 3.10 bits per heavy atom. The van der Waals surface area contributed by atoms with Gasteiger partial charge in [0.1, 0.15) is 18.5 Å². The highest BCUT2D eigenvalue weighted by Gasteiger charge is 2.21. The minimum absolute atomic E-state index is 0.0945. The van der Waals surface area contributed by atoms with Crippen LogP contribution in [0.15, 0.2) is 41.5 Å². The largest absolute Gasteiger partial charge is 0.490 e. The lowest BCUT2D eigenvalue weighted by Crippen LogP contribution is -2.22. The van der Waals surface area contributed by atoms with Gasteiger partial charge in [-0.15, -0.1) is 0 Å². The molecule has 0 saturated heterocycles. The van der Waals surface area contributed by atoms with E-state index in [2.05, 4.69) is 16.9 Å². The van der Waals surface area contributed by atoms with Crippen molar-refractivity contribution in [3.8, 4) is 5.75 Å². The van der Waals surface area contributed by atoms with Gasteiger partial charge in [0.25, 0.3) is 6.02 Å². The van der Waals surface area contributed by atoms with E-state index in [4.69, 9.17) is 15.2 Å². The molecule has 0 radical (unpaired) electrons. The normalized spacial score (nSPS) is 19.1. The van der Waals surface area contributed by atoms with Crippen molar-refractivity contribution >= 4 is 16.9 Å². The van der Waals surface area contributed by atoms with Crippen LogP contribution in [0.2, 0.25) is 0 Å². The summed E-state index contributed by atoms with van der Waals surface area (Å²) in [6.07, 6.45) is 3.61. The van der Waals surface area contributed by atoms with Crippen LogP contribution in [0.4, 0.5) is 0 Å². The second-order valence-electron chi connectivity index (χ2n) is 5.17. The molecule has 2 atom stereocenters. The van der Waals surface area contributed by atoms with Crippen LogP contribution in [0, 0.1) is 0 Å². The Morgan fingerprint density at radius 1 is 1.43 bits per heavy atom. The third-order valence-corrected chi connectivity index (χ3v) is 3.60. The molecule has 0 saturated carbocycles. The zero-order valence-corrected chi connectivity index (χ0v) is 12.0. The van der Waals surface area contributed by atoms with Gasteiger partial charge in [0, 0.05) is 18.0 Å². The number of amidine groups is 1. The average molecular weight is 285 g/mol. The van der Waals surface area contributed by atoms with Crippen LogP contribution in [0.3, 0.4) is 0 Å². The molecule has 0 fully saturated rings. The molecule has 1 aromatic carbocycles. The van der Waals surface area contributed by atoms with Crippen molar-refractivity contribution in [2.45, 2.75) is 31.9 Å². The van der Waals surface area contributed by atoms with E-state index < -0.39 is 0 Å². The van der Waals surface area contributed by atoms with Crippen LogP contribution in [-0.4, -0.2) is 29.8 Å². The van der Waals surface area contributed by atoms with Gasteiger partial charge in [-0.1, -0.05) is 13.0 Å². The number of hydrogen-bond donors (Lipinski definition) is 1. The predicted molar refractivity (Wildman–Crippen MR) is 82.4 cm³/mol. The fourth-order valence-corrected chi connectivity index (χ4v) is 2.48. The third-order valence-electron chi connectivity index (χ3n) is 3.60. The van der Waals surface area contributed by atoms with E-state index in [9.17, 15) is 0 Å². The zero-order chi connectivity index (χ0) is 14.7. The fourth-order valence-electron chi connectivity index (χ4n) is 2.48. The molecule has 3 rings (SSSR count). The lowest BCUT2D eigenvalue weighted by Gasteiger charge is -2.19. The van der Waals surface area contributed by atoms with Crippen molar-refractivity contribution in [3.63, 3.8) is 0 Å². The highest BCUT2D eigenvalue weighted by molar-refractivity contribution is 5.79. The Hall–Kier alpha value is -2.30. The Bertz CT molecular complexity index is 657. The molecule has 2 N–H and O–H groups in total. The van der Waals surface area contributed by atoms with Gasteiger partial charge < -0.3 is 15.2 Å². The zero-order valence-electron chi connectivity index (χ0n) is 12.0. The Morgan fingerprint density at radius 2 is 2.33 bits per heavy atom. The molecule has 0 unspecified atom stereocenters. The summed E-state index contributed by atoms with van der Waals surface area (Å²) in [5.74, 6) is 0.859. The first kappa shape index (κ1) is 13.7. The smallest absolute Gasteiger partial charge is 0.282 e. The number of fused-ring (bicyclic) bond motifs is 1. The summed E-state index contributed by atoms with van der Waals surface area (Å²) in [5, 5.41) is 1.08. The molecule has 21 heavy (non-hydrogen) atoms. The van der Waals surface area contributed by atoms with E-state index in [1.54, 1.807) is 6.20 Å². The first-order chi connectivity index (χ1) is 10.2. The van der Waals surface area contributed by atoms with Crippen molar-refractivity contribution in [3.05, 3.63) is 36.5 Å². The quantitative estimate of drug-likeness (QED) is 0.916. The van der Waals surface area contributed by atoms with Crippen LogP contribution in [0.5, 0.6) is 5.75 Å².